The zero-order valence-corrected chi connectivity index (χ0v) is 34.3. The van der Waals surface area contributed by atoms with Crippen LogP contribution in [-0.2, 0) is 19.1 Å². The largest absolute Gasteiger partial charge is 0.461 e. The third kappa shape index (κ3) is 14.3. The summed E-state index contributed by atoms with van der Waals surface area (Å²) in [5, 5.41) is 20.2. The lowest BCUT2D eigenvalue weighted by Gasteiger charge is -2.24. The van der Waals surface area contributed by atoms with Crippen molar-refractivity contribution in [2.45, 2.75) is 117 Å². The summed E-state index contributed by atoms with van der Waals surface area (Å²) in [6, 6.07) is 16.2. The van der Waals surface area contributed by atoms with Crippen LogP contribution in [0.3, 0.4) is 0 Å². The van der Waals surface area contributed by atoms with E-state index in [4.69, 9.17) is 9.47 Å². The molecule has 0 radical (unpaired) electrons. The molecule has 53 heavy (non-hydrogen) atoms. The second-order valence-corrected chi connectivity index (χ2v) is 14.3. The van der Waals surface area contributed by atoms with E-state index in [-0.39, 0.29) is 36.2 Å². The van der Waals surface area contributed by atoms with Gasteiger partial charge in [0.25, 0.3) is 0 Å². The first-order valence-corrected chi connectivity index (χ1v) is 20.5. The highest BCUT2D eigenvalue weighted by atomic mass is 32.2. The number of anilines is 2. The number of carbonyl (C=O) groups is 2. The van der Waals surface area contributed by atoms with Gasteiger partial charge in [-0.15, -0.1) is 0 Å². The Bertz CT molecular complexity index is 1480. The Hall–Kier alpha value is -4.21. The lowest BCUT2D eigenvalue weighted by atomic mass is 10.0. The quantitative estimate of drug-likeness (QED) is 0.0590. The maximum Gasteiger partial charge on any atom is 0.348 e. The first kappa shape index (κ1) is 44.9. The number of unbranched alkanes of at least 4 members (excludes halogenated alkanes) is 2. The minimum atomic E-state index is -0.629. The summed E-state index contributed by atoms with van der Waals surface area (Å²) >= 11 is 1.47. The van der Waals surface area contributed by atoms with Crippen LogP contribution in [0.5, 0.6) is 0 Å². The average molecular weight is 743 g/mol. The Morgan fingerprint density at radius 1 is 0.660 bits per heavy atom. The van der Waals surface area contributed by atoms with E-state index in [1.807, 2.05) is 24.3 Å². The van der Waals surface area contributed by atoms with E-state index in [2.05, 4.69) is 89.5 Å². The molecule has 0 bridgehead atoms. The lowest BCUT2D eigenvalue weighted by molar-refractivity contribution is -0.140. The van der Waals surface area contributed by atoms with Crippen LogP contribution in [-0.4, -0.2) is 51.3 Å². The van der Waals surface area contributed by atoms with E-state index >= 15 is 0 Å². The molecule has 0 heterocycles. The van der Waals surface area contributed by atoms with Crippen LogP contribution >= 0.6 is 11.8 Å². The van der Waals surface area contributed by atoms with Crippen molar-refractivity contribution in [3.8, 4) is 12.1 Å². The summed E-state index contributed by atoms with van der Waals surface area (Å²) in [5.74, 6) is -0.744. The molecule has 2 aromatic carbocycles. The fraction of sp³-hybridized carbons (Fsp3) is 0.545. The van der Waals surface area contributed by atoms with Gasteiger partial charge in [-0.05, 0) is 99.9 Å². The van der Waals surface area contributed by atoms with Gasteiger partial charge in [0.05, 0.1) is 13.2 Å². The summed E-state index contributed by atoms with van der Waals surface area (Å²) in [5.41, 5.74) is 3.26. The third-order valence-electron chi connectivity index (χ3n) is 9.74. The van der Waals surface area contributed by atoms with Crippen molar-refractivity contribution < 1.29 is 19.1 Å². The number of carbonyl (C=O) groups excluding carboxylic acids is 2. The molecule has 2 atom stereocenters. The Morgan fingerprint density at radius 2 is 1.04 bits per heavy atom. The van der Waals surface area contributed by atoms with Crippen molar-refractivity contribution in [1.29, 1.82) is 10.5 Å². The second-order valence-electron chi connectivity index (χ2n) is 13.3. The number of ether oxygens (including phenoxy) is 2. The fourth-order valence-corrected chi connectivity index (χ4v) is 7.16. The summed E-state index contributed by atoms with van der Waals surface area (Å²) in [6.07, 6.45) is 11.3. The van der Waals surface area contributed by atoms with Gasteiger partial charge < -0.3 is 19.3 Å². The molecule has 8 nitrogen and oxygen atoms in total. The predicted molar refractivity (Wildman–Crippen MR) is 220 cm³/mol. The number of benzene rings is 2. The Kier molecular flexibility index (Phi) is 21.1. The molecular weight excluding hydrogens is 681 g/mol. The topological polar surface area (TPSA) is 107 Å². The van der Waals surface area contributed by atoms with Crippen molar-refractivity contribution >= 4 is 47.2 Å². The van der Waals surface area contributed by atoms with Crippen LogP contribution in [0.15, 0.2) is 57.3 Å². The van der Waals surface area contributed by atoms with Gasteiger partial charge >= 0.3 is 11.9 Å². The van der Waals surface area contributed by atoms with Crippen molar-refractivity contribution in [1.82, 2.24) is 0 Å². The van der Waals surface area contributed by atoms with E-state index in [1.165, 1.54) is 11.8 Å². The molecule has 0 saturated heterocycles. The highest BCUT2D eigenvalue weighted by molar-refractivity contribution is 7.99. The zero-order valence-electron chi connectivity index (χ0n) is 33.5. The normalized spacial score (nSPS) is 12.7. The first-order valence-electron chi connectivity index (χ1n) is 19.7. The van der Waals surface area contributed by atoms with Crippen molar-refractivity contribution in [3.05, 3.63) is 58.7 Å². The highest BCUT2D eigenvalue weighted by Crippen LogP contribution is 2.39. The van der Waals surface area contributed by atoms with Crippen LogP contribution in [0.1, 0.15) is 118 Å². The highest BCUT2D eigenvalue weighted by Gasteiger charge is 2.19. The number of esters is 2. The molecule has 0 amide bonds. The number of rotatable bonds is 24. The van der Waals surface area contributed by atoms with Crippen LogP contribution in [0, 0.1) is 34.5 Å². The van der Waals surface area contributed by atoms with Crippen LogP contribution in [0.4, 0.5) is 11.4 Å². The molecule has 9 heteroatoms. The van der Waals surface area contributed by atoms with Gasteiger partial charge in [-0.25, -0.2) is 9.59 Å². The van der Waals surface area contributed by atoms with E-state index in [1.54, 1.807) is 12.2 Å². The maximum absolute atomic E-state index is 13.2. The Morgan fingerprint density at radius 3 is 1.34 bits per heavy atom. The zero-order chi connectivity index (χ0) is 39.2. The average Bonchev–Trinajstić information content (AvgIpc) is 3.18. The molecule has 0 spiro atoms. The van der Waals surface area contributed by atoms with Gasteiger partial charge in [-0.3, -0.25) is 0 Å². The van der Waals surface area contributed by atoms with Gasteiger partial charge in [0.1, 0.15) is 23.3 Å². The fourth-order valence-electron chi connectivity index (χ4n) is 6.07. The van der Waals surface area contributed by atoms with Crippen LogP contribution < -0.4 is 9.80 Å². The van der Waals surface area contributed by atoms with Crippen LogP contribution in [0.2, 0.25) is 0 Å². The number of hydrogen-bond acceptors (Lipinski definition) is 9. The molecule has 0 aliphatic heterocycles. The summed E-state index contributed by atoms with van der Waals surface area (Å²) in [4.78, 5) is 32.5. The monoisotopic (exact) mass is 742 g/mol. The number of nitriles is 2. The lowest BCUT2D eigenvalue weighted by Crippen LogP contribution is -2.22. The predicted octanol–water partition coefficient (Wildman–Crippen LogP) is 10.9. The summed E-state index contributed by atoms with van der Waals surface area (Å²) in [6.45, 7) is 20.7. The Balaban J connectivity index is 2.67. The van der Waals surface area contributed by atoms with Crippen molar-refractivity contribution in [2.75, 3.05) is 49.2 Å². The van der Waals surface area contributed by atoms with Crippen LogP contribution in [0.25, 0.3) is 12.2 Å². The minimum Gasteiger partial charge on any atom is -0.461 e. The summed E-state index contributed by atoms with van der Waals surface area (Å²) < 4.78 is 11.3. The van der Waals surface area contributed by atoms with Crippen molar-refractivity contribution in [2.24, 2.45) is 11.8 Å². The van der Waals surface area contributed by atoms with E-state index in [0.29, 0.717) is 11.1 Å². The molecule has 288 valence electrons. The molecule has 0 N–H and O–H groups in total. The standard InChI is InChI=1S/C44H62N4O4S/c1-9-17-19-33(11-3)31-51-43(49)37(29-45)25-35-21-23-39(47(13-5)14-6)27-41(35)53-42-28-40(48(15-7)16-8)24-22-36(42)26-38(30-46)44(50)52-32-34(12-4)20-18-10-2/h21-28,33-34H,9-20,31-32H2,1-8H3/b37-25+,38-26+. The molecule has 0 fully saturated rings. The first-order chi connectivity index (χ1) is 25.7. The molecule has 2 aromatic rings. The smallest absolute Gasteiger partial charge is 0.348 e. The van der Waals surface area contributed by atoms with E-state index in [9.17, 15) is 20.1 Å². The molecule has 0 saturated carbocycles. The number of hydrogen-bond donors (Lipinski definition) is 0. The molecule has 0 aliphatic carbocycles. The van der Waals surface area contributed by atoms with Gasteiger partial charge in [0.15, 0.2) is 0 Å². The molecular formula is C44H62N4O4S. The molecule has 2 unspecified atom stereocenters. The van der Waals surface area contributed by atoms with E-state index < -0.39 is 11.9 Å². The van der Waals surface area contributed by atoms with Gasteiger partial charge in [0.2, 0.25) is 0 Å². The minimum absolute atomic E-state index is 0.0661. The van der Waals surface area contributed by atoms with Gasteiger partial charge in [-0.1, -0.05) is 90.1 Å². The SMILES string of the molecule is CCCCC(CC)COC(=O)/C(C#N)=C/c1ccc(N(CC)CC)cc1Sc1cc(N(CC)CC)ccc1/C=C(\C#N)C(=O)OCC(CC)CCCC. The van der Waals surface area contributed by atoms with E-state index in [0.717, 1.165) is 98.7 Å². The molecule has 0 aliphatic rings. The number of nitrogens with zero attached hydrogens (tertiary/aromatic N) is 4. The van der Waals surface area contributed by atoms with Gasteiger partial charge in [-0.2, -0.15) is 10.5 Å². The molecule has 0 aromatic heterocycles. The van der Waals surface area contributed by atoms with Gasteiger partial charge in [0, 0.05) is 47.3 Å². The third-order valence-corrected chi connectivity index (χ3v) is 10.9. The molecule has 2 rings (SSSR count). The second kappa shape index (κ2) is 24.9. The van der Waals surface area contributed by atoms with Crippen molar-refractivity contribution in [3.63, 3.8) is 0 Å². The maximum atomic E-state index is 13.2. The Labute approximate surface area is 324 Å². The summed E-state index contributed by atoms with van der Waals surface area (Å²) in [7, 11) is 0.